The van der Waals surface area contributed by atoms with Gasteiger partial charge in [-0.15, -0.1) is 0 Å². The van der Waals surface area contributed by atoms with Crippen LogP contribution in [0.5, 0.6) is 0 Å². The summed E-state index contributed by atoms with van der Waals surface area (Å²) in [7, 11) is 0. The third-order valence-corrected chi connectivity index (χ3v) is 5.69. The van der Waals surface area contributed by atoms with Crippen molar-refractivity contribution >= 4 is 51.8 Å². The molecule has 2 aromatic carbocycles. The normalized spacial score (nSPS) is 10.9. The number of nitrogens with one attached hydrogen (secondary N) is 1. The van der Waals surface area contributed by atoms with E-state index in [1.807, 2.05) is 54.0 Å². The molecule has 0 unspecified atom stereocenters. The maximum Gasteiger partial charge on any atom is 0.325 e. The molecule has 1 heterocycles. The number of rotatable bonds is 6. The third-order valence-electron chi connectivity index (χ3n) is 4.23. The minimum Gasteiger partial charge on any atom is -0.465 e. The van der Waals surface area contributed by atoms with Crippen LogP contribution in [0.3, 0.4) is 0 Å². The lowest BCUT2D eigenvalue weighted by molar-refractivity contribution is -0.143. The number of ether oxygens (including phenoxy) is 1. The van der Waals surface area contributed by atoms with Gasteiger partial charge < -0.3 is 14.6 Å². The number of esters is 1. The van der Waals surface area contributed by atoms with Gasteiger partial charge in [-0.2, -0.15) is 0 Å². The van der Waals surface area contributed by atoms with E-state index < -0.39 is 0 Å². The molecule has 0 spiro atoms. The minimum absolute atomic E-state index is 0.112. The van der Waals surface area contributed by atoms with Crippen molar-refractivity contribution in [3.8, 4) is 0 Å². The number of fused-ring (bicyclic) bond motifs is 1. The summed E-state index contributed by atoms with van der Waals surface area (Å²) in [6, 6.07) is 13.2. The Kier molecular flexibility index (Phi) is 6.31. The van der Waals surface area contributed by atoms with Crippen molar-refractivity contribution in [3.05, 3.63) is 53.2 Å². The lowest BCUT2D eigenvalue weighted by Gasteiger charge is -2.08. The molecule has 3 aromatic rings. The topological polar surface area (TPSA) is 60.3 Å². The van der Waals surface area contributed by atoms with Gasteiger partial charge in [-0.05, 0) is 50.2 Å². The molecule has 28 heavy (non-hydrogen) atoms. The second kappa shape index (κ2) is 8.71. The molecule has 0 aliphatic rings. The largest absolute Gasteiger partial charge is 0.465 e. The first kappa shape index (κ1) is 20.3. The van der Waals surface area contributed by atoms with E-state index in [9.17, 15) is 9.59 Å². The van der Waals surface area contributed by atoms with Gasteiger partial charge in [0.2, 0.25) is 5.91 Å². The fraction of sp³-hybridized carbons (Fsp3) is 0.238. The number of nitrogens with zero attached hydrogens (tertiary/aromatic N) is 1. The van der Waals surface area contributed by atoms with Gasteiger partial charge in [0.15, 0.2) is 0 Å². The average Bonchev–Trinajstić information content (AvgIpc) is 2.90. The van der Waals surface area contributed by atoms with Crippen molar-refractivity contribution in [2.45, 2.75) is 37.1 Å². The summed E-state index contributed by atoms with van der Waals surface area (Å²) < 4.78 is 7.06. The zero-order chi connectivity index (χ0) is 20.3. The smallest absolute Gasteiger partial charge is 0.325 e. The van der Waals surface area contributed by atoms with Crippen molar-refractivity contribution in [1.82, 2.24) is 4.57 Å². The van der Waals surface area contributed by atoms with E-state index in [1.165, 1.54) is 6.92 Å². The summed E-state index contributed by atoms with van der Waals surface area (Å²) in [4.78, 5) is 25.8. The van der Waals surface area contributed by atoms with E-state index in [0.717, 1.165) is 26.4 Å². The van der Waals surface area contributed by atoms with Crippen LogP contribution in [0.4, 0.5) is 5.69 Å². The maximum atomic E-state index is 12.1. The summed E-state index contributed by atoms with van der Waals surface area (Å²) in [5, 5.41) is 4.47. The molecule has 7 heteroatoms. The monoisotopic (exact) mass is 416 g/mol. The van der Waals surface area contributed by atoms with E-state index in [1.54, 1.807) is 18.7 Å². The highest BCUT2D eigenvalue weighted by Gasteiger charge is 2.20. The number of benzene rings is 2. The molecule has 5 nitrogen and oxygen atoms in total. The number of anilines is 1. The highest BCUT2D eigenvalue weighted by atomic mass is 35.5. The predicted octanol–water partition coefficient (Wildman–Crippen LogP) is 5.28. The first-order valence-corrected chi connectivity index (χ1v) is 10.1. The zero-order valence-electron chi connectivity index (χ0n) is 15.9. The molecule has 1 amide bonds. The van der Waals surface area contributed by atoms with Crippen LogP contribution in [0.25, 0.3) is 10.9 Å². The van der Waals surface area contributed by atoms with E-state index in [2.05, 4.69) is 5.32 Å². The van der Waals surface area contributed by atoms with Gasteiger partial charge in [0.05, 0.1) is 17.8 Å². The zero-order valence-corrected chi connectivity index (χ0v) is 17.5. The summed E-state index contributed by atoms with van der Waals surface area (Å²) in [5.74, 6) is -0.443. The fourth-order valence-electron chi connectivity index (χ4n) is 3.07. The van der Waals surface area contributed by atoms with Crippen molar-refractivity contribution in [3.63, 3.8) is 0 Å². The molecular formula is C21H21ClN2O3S. The highest BCUT2D eigenvalue weighted by molar-refractivity contribution is 7.99. The lowest BCUT2D eigenvalue weighted by Crippen LogP contribution is -2.14. The molecule has 0 saturated carbocycles. The van der Waals surface area contributed by atoms with Crippen LogP contribution in [0.1, 0.15) is 19.5 Å². The van der Waals surface area contributed by atoms with Crippen LogP contribution in [-0.4, -0.2) is 23.1 Å². The molecule has 0 aliphatic carbocycles. The average molecular weight is 417 g/mol. The number of hydrogen-bond donors (Lipinski definition) is 1. The van der Waals surface area contributed by atoms with Crippen LogP contribution in [0, 0.1) is 6.92 Å². The third kappa shape index (κ3) is 4.34. The van der Waals surface area contributed by atoms with Crippen molar-refractivity contribution in [1.29, 1.82) is 0 Å². The summed E-state index contributed by atoms with van der Waals surface area (Å²) in [6.07, 6.45) is 0. The summed E-state index contributed by atoms with van der Waals surface area (Å²) >= 11 is 7.57. The van der Waals surface area contributed by atoms with Crippen LogP contribution in [-0.2, 0) is 20.9 Å². The summed E-state index contributed by atoms with van der Waals surface area (Å²) in [6.45, 7) is 5.68. The van der Waals surface area contributed by atoms with Crippen LogP contribution in [0.15, 0.2) is 52.3 Å². The predicted molar refractivity (Wildman–Crippen MR) is 113 cm³/mol. The van der Waals surface area contributed by atoms with Gasteiger partial charge in [-0.25, -0.2) is 0 Å². The van der Waals surface area contributed by atoms with E-state index in [-0.39, 0.29) is 18.4 Å². The van der Waals surface area contributed by atoms with E-state index in [0.29, 0.717) is 17.3 Å². The van der Waals surface area contributed by atoms with Crippen molar-refractivity contribution in [2.75, 3.05) is 11.9 Å². The Morgan fingerprint density at radius 3 is 2.54 bits per heavy atom. The Labute approximate surface area is 173 Å². The second-order valence-electron chi connectivity index (χ2n) is 6.24. The molecule has 0 bridgehead atoms. The first-order chi connectivity index (χ1) is 13.4. The molecule has 0 aliphatic heterocycles. The van der Waals surface area contributed by atoms with Gasteiger partial charge in [0, 0.05) is 32.8 Å². The molecule has 146 valence electrons. The van der Waals surface area contributed by atoms with Crippen LogP contribution in [0.2, 0.25) is 5.02 Å². The quantitative estimate of drug-likeness (QED) is 0.555. The number of halogens is 1. The van der Waals surface area contributed by atoms with E-state index >= 15 is 0 Å². The number of hydrogen-bond acceptors (Lipinski definition) is 4. The SMILES string of the molecule is CCOC(=O)Cn1c(C)c(Sc2ccc(Cl)cc2)c2c(NC(C)=O)cccc21. The molecule has 0 radical (unpaired) electrons. The molecule has 1 N–H and O–H groups in total. The number of carbonyl (C=O) groups is 2. The van der Waals surface area contributed by atoms with Gasteiger partial charge in [-0.1, -0.05) is 29.4 Å². The summed E-state index contributed by atoms with van der Waals surface area (Å²) in [5.41, 5.74) is 2.52. The second-order valence-corrected chi connectivity index (χ2v) is 7.76. The Balaban J connectivity index is 2.15. The molecule has 1 aromatic heterocycles. The lowest BCUT2D eigenvalue weighted by atomic mass is 10.2. The standard InChI is InChI=1S/C21H21ClN2O3S/c1-4-27-19(26)12-24-13(2)21(28-16-10-8-15(22)9-11-16)20-17(23-14(3)25)6-5-7-18(20)24/h5-11H,4,12H2,1-3H3,(H,23,25). The highest BCUT2D eigenvalue weighted by Crippen LogP contribution is 2.41. The maximum absolute atomic E-state index is 12.1. The number of amides is 1. The Morgan fingerprint density at radius 2 is 1.89 bits per heavy atom. The van der Waals surface area contributed by atoms with Gasteiger partial charge in [0.1, 0.15) is 6.54 Å². The molecule has 0 atom stereocenters. The molecule has 0 fully saturated rings. The number of aromatic nitrogens is 1. The van der Waals surface area contributed by atoms with Gasteiger partial charge in [0.25, 0.3) is 0 Å². The minimum atomic E-state index is -0.296. The van der Waals surface area contributed by atoms with E-state index in [4.69, 9.17) is 16.3 Å². The molecule has 3 rings (SSSR count). The van der Waals surface area contributed by atoms with Crippen LogP contribution >= 0.6 is 23.4 Å². The van der Waals surface area contributed by atoms with Crippen molar-refractivity contribution < 1.29 is 14.3 Å². The fourth-order valence-corrected chi connectivity index (χ4v) is 4.27. The Morgan fingerprint density at radius 1 is 1.18 bits per heavy atom. The molecular weight excluding hydrogens is 396 g/mol. The first-order valence-electron chi connectivity index (χ1n) is 8.89. The van der Waals surface area contributed by atoms with Crippen LogP contribution < -0.4 is 5.32 Å². The Bertz CT molecular complexity index is 1030. The van der Waals surface area contributed by atoms with Gasteiger partial charge >= 0.3 is 5.97 Å². The molecule has 0 saturated heterocycles. The Hall–Kier alpha value is -2.44. The van der Waals surface area contributed by atoms with Crippen molar-refractivity contribution in [2.24, 2.45) is 0 Å². The van der Waals surface area contributed by atoms with Gasteiger partial charge in [-0.3, -0.25) is 9.59 Å². The number of carbonyl (C=O) groups excluding carboxylic acids is 2.